The van der Waals surface area contributed by atoms with Gasteiger partial charge in [0.05, 0.1) is 6.42 Å². The van der Waals surface area contributed by atoms with Crippen molar-refractivity contribution < 1.29 is 9.59 Å². The van der Waals surface area contributed by atoms with E-state index in [0.29, 0.717) is 19.5 Å². The summed E-state index contributed by atoms with van der Waals surface area (Å²) in [7, 11) is 0. The summed E-state index contributed by atoms with van der Waals surface area (Å²) in [6.45, 7) is 5.27. The second-order valence-corrected chi connectivity index (χ2v) is 6.85. The summed E-state index contributed by atoms with van der Waals surface area (Å²) in [5.74, 6) is 0.292. The van der Waals surface area contributed by atoms with Crippen LogP contribution in [0.15, 0.2) is 30.5 Å². The molecule has 2 N–H and O–H groups in total. The van der Waals surface area contributed by atoms with Gasteiger partial charge in [-0.2, -0.15) is 0 Å². The van der Waals surface area contributed by atoms with Crippen molar-refractivity contribution in [3.63, 3.8) is 0 Å². The van der Waals surface area contributed by atoms with Crippen LogP contribution in [0.5, 0.6) is 0 Å². The topological polar surface area (TPSA) is 65.2 Å². The molecule has 1 aliphatic heterocycles. The number of piperidine rings is 1. The predicted molar refractivity (Wildman–Crippen MR) is 94.6 cm³/mol. The van der Waals surface area contributed by atoms with E-state index in [1.807, 2.05) is 49.2 Å². The smallest absolute Gasteiger partial charge is 0.227 e. The van der Waals surface area contributed by atoms with Gasteiger partial charge in [-0.1, -0.05) is 18.2 Å². The van der Waals surface area contributed by atoms with E-state index in [4.69, 9.17) is 0 Å². The normalized spacial score (nSPS) is 15.9. The van der Waals surface area contributed by atoms with Crippen molar-refractivity contribution in [3.05, 3.63) is 36.0 Å². The van der Waals surface area contributed by atoms with Gasteiger partial charge in [0.15, 0.2) is 0 Å². The molecule has 24 heavy (non-hydrogen) atoms. The first-order valence-electron chi connectivity index (χ1n) is 8.67. The summed E-state index contributed by atoms with van der Waals surface area (Å²) in [5, 5.41) is 4.07. The molecule has 1 fully saturated rings. The van der Waals surface area contributed by atoms with Crippen molar-refractivity contribution in [2.24, 2.45) is 5.92 Å². The van der Waals surface area contributed by atoms with Crippen molar-refractivity contribution in [2.75, 3.05) is 13.1 Å². The number of carbonyl (C=O) groups excluding carboxylic acids is 2. The molecule has 2 aromatic rings. The minimum absolute atomic E-state index is 0.0320. The van der Waals surface area contributed by atoms with Gasteiger partial charge in [-0.3, -0.25) is 9.59 Å². The van der Waals surface area contributed by atoms with Gasteiger partial charge in [-0.25, -0.2) is 0 Å². The fraction of sp³-hybridized carbons (Fsp3) is 0.474. The molecule has 0 radical (unpaired) electrons. The lowest BCUT2D eigenvalue weighted by Gasteiger charge is -2.31. The van der Waals surface area contributed by atoms with Crippen molar-refractivity contribution in [1.29, 1.82) is 0 Å². The molecular weight excluding hydrogens is 302 g/mol. The zero-order valence-electron chi connectivity index (χ0n) is 14.3. The molecule has 5 nitrogen and oxygen atoms in total. The first-order chi connectivity index (χ1) is 11.5. The average molecular weight is 327 g/mol. The van der Waals surface area contributed by atoms with Crippen LogP contribution in [0.2, 0.25) is 0 Å². The number of nitrogens with one attached hydrogen (secondary N) is 2. The van der Waals surface area contributed by atoms with Gasteiger partial charge in [-0.15, -0.1) is 0 Å². The Labute approximate surface area is 142 Å². The Morgan fingerprint density at radius 2 is 1.96 bits per heavy atom. The van der Waals surface area contributed by atoms with E-state index in [2.05, 4.69) is 10.3 Å². The molecule has 0 spiro atoms. The first-order valence-corrected chi connectivity index (χ1v) is 8.67. The Morgan fingerprint density at radius 3 is 2.67 bits per heavy atom. The number of rotatable bonds is 4. The van der Waals surface area contributed by atoms with E-state index in [1.54, 1.807) is 0 Å². The van der Waals surface area contributed by atoms with Gasteiger partial charge in [0.1, 0.15) is 0 Å². The number of aromatic nitrogens is 1. The highest BCUT2D eigenvalue weighted by Gasteiger charge is 2.27. The Hall–Kier alpha value is -2.30. The molecule has 1 aromatic carbocycles. The van der Waals surface area contributed by atoms with Gasteiger partial charge >= 0.3 is 0 Å². The maximum Gasteiger partial charge on any atom is 0.227 e. The number of hydrogen-bond acceptors (Lipinski definition) is 2. The number of aromatic amines is 1. The highest BCUT2D eigenvalue weighted by atomic mass is 16.2. The van der Waals surface area contributed by atoms with Crippen molar-refractivity contribution in [2.45, 2.75) is 39.2 Å². The summed E-state index contributed by atoms with van der Waals surface area (Å²) in [5.41, 5.74) is 2.10. The molecular formula is C19H25N3O2. The number of amides is 2. The lowest BCUT2D eigenvalue weighted by atomic mass is 9.95. The first kappa shape index (κ1) is 16.6. The molecule has 1 saturated heterocycles. The van der Waals surface area contributed by atoms with Crippen LogP contribution in [-0.2, 0) is 16.0 Å². The Bertz CT molecular complexity index is 727. The van der Waals surface area contributed by atoms with E-state index < -0.39 is 0 Å². The molecule has 0 atom stereocenters. The van der Waals surface area contributed by atoms with Gasteiger partial charge < -0.3 is 15.2 Å². The van der Waals surface area contributed by atoms with Crippen LogP contribution >= 0.6 is 0 Å². The molecule has 3 rings (SSSR count). The largest absolute Gasteiger partial charge is 0.361 e. The number of hydrogen-bond donors (Lipinski definition) is 2. The molecule has 5 heteroatoms. The van der Waals surface area contributed by atoms with E-state index >= 15 is 0 Å². The molecule has 1 aromatic heterocycles. The molecule has 0 saturated carbocycles. The van der Waals surface area contributed by atoms with Gasteiger partial charge in [0, 0.05) is 42.1 Å². The van der Waals surface area contributed by atoms with E-state index in [-0.39, 0.29) is 23.8 Å². The second kappa shape index (κ2) is 7.07. The minimum Gasteiger partial charge on any atom is -0.361 e. The second-order valence-electron chi connectivity index (χ2n) is 6.85. The van der Waals surface area contributed by atoms with Crippen LogP contribution in [0.3, 0.4) is 0 Å². The summed E-state index contributed by atoms with van der Waals surface area (Å²) in [6, 6.07) is 8.19. The molecule has 2 amide bonds. The van der Waals surface area contributed by atoms with E-state index in [9.17, 15) is 9.59 Å². The average Bonchev–Trinajstić information content (AvgIpc) is 2.97. The zero-order chi connectivity index (χ0) is 17.1. The third-order valence-electron chi connectivity index (χ3n) is 4.67. The highest BCUT2D eigenvalue weighted by Crippen LogP contribution is 2.21. The van der Waals surface area contributed by atoms with Gasteiger partial charge in [0.2, 0.25) is 11.8 Å². The van der Waals surface area contributed by atoms with Crippen LogP contribution in [0, 0.1) is 5.92 Å². The third-order valence-corrected chi connectivity index (χ3v) is 4.67. The molecule has 0 aliphatic carbocycles. The van der Waals surface area contributed by atoms with Crippen molar-refractivity contribution >= 4 is 22.7 Å². The minimum atomic E-state index is 0.0320. The number of H-pyrrole nitrogens is 1. The maximum atomic E-state index is 12.6. The highest BCUT2D eigenvalue weighted by molar-refractivity contribution is 5.89. The quantitative estimate of drug-likeness (QED) is 0.906. The van der Waals surface area contributed by atoms with Crippen molar-refractivity contribution in [1.82, 2.24) is 15.2 Å². The Kier molecular flexibility index (Phi) is 4.88. The number of carbonyl (C=O) groups is 2. The van der Waals surface area contributed by atoms with Crippen LogP contribution < -0.4 is 5.32 Å². The van der Waals surface area contributed by atoms with Crippen LogP contribution in [0.1, 0.15) is 32.3 Å². The number of fused-ring (bicyclic) bond motifs is 1. The summed E-state index contributed by atoms with van der Waals surface area (Å²) < 4.78 is 0. The number of nitrogens with zero attached hydrogens (tertiary/aromatic N) is 1. The standard InChI is InChI=1S/C19H25N3O2/c1-13(2)21-19(24)14-7-9-22(10-8-14)18(23)11-15-12-20-17-6-4-3-5-16(15)17/h3-6,12-14,20H,7-11H2,1-2H3,(H,21,24). The van der Waals surface area contributed by atoms with Crippen LogP contribution in [0.25, 0.3) is 10.9 Å². The van der Waals surface area contributed by atoms with Crippen LogP contribution in [-0.4, -0.2) is 40.8 Å². The van der Waals surface area contributed by atoms with Gasteiger partial charge in [-0.05, 0) is 38.3 Å². The predicted octanol–water partition coefficient (Wildman–Crippen LogP) is 2.47. The van der Waals surface area contributed by atoms with E-state index in [0.717, 1.165) is 29.3 Å². The van der Waals surface area contributed by atoms with E-state index in [1.165, 1.54) is 0 Å². The lowest BCUT2D eigenvalue weighted by molar-refractivity contribution is -0.135. The molecule has 1 aliphatic rings. The number of benzene rings is 1. The summed E-state index contributed by atoms with van der Waals surface area (Å²) in [4.78, 5) is 29.7. The maximum absolute atomic E-state index is 12.6. The molecule has 0 unspecified atom stereocenters. The fourth-order valence-electron chi connectivity index (χ4n) is 3.35. The fourth-order valence-corrected chi connectivity index (χ4v) is 3.35. The van der Waals surface area contributed by atoms with Crippen LogP contribution in [0.4, 0.5) is 0 Å². The summed E-state index contributed by atoms with van der Waals surface area (Å²) in [6.07, 6.45) is 3.83. The Balaban J connectivity index is 1.57. The third kappa shape index (κ3) is 3.61. The molecule has 128 valence electrons. The Morgan fingerprint density at radius 1 is 1.25 bits per heavy atom. The van der Waals surface area contributed by atoms with Gasteiger partial charge in [0.25, 0.3) is 0 Å². The number of likely N-dealkylation sites (tertiary alicyclic amines) is 1. The monoisotopic (exact) mass is 327 g/mol. The SMILES string of the molecule is CC(C)NC(=O)C1CCN(C(=O)Cc2c[nH]c3ccccc23)CC1. The summed E-state index contributed by atoms with van der Waals surface area (Å²) >= 11 is 0. The number of para-hydroxylation sites is 1. The van der Waals surface area contributed by atoms with Crippen molar-refractivity contribution in [3.8, 4) is 0 Å². The zero-order valence-corrected chi connectivity index (χ0v) is 14.3. The lowest BCUT2D eigenvalue weighted by Crippen LogP contribution is -2.44. The molecule has 2 heterocycles. The molecule has 0 bridgehead atoms.